The molecule has 0 aliphatic heterocycles. The van der Waals surface area contributed by atoms with Gasteiger partial charge >= 0.3 is 0 Å². The molecule has 1 saturated carbocycles. The van der Waals surface area contributed by atoms with Crippen molar-refractivity contribution >= 4 is 5.91 Å². The average molecular weight is 382 g/mol. The third-order valence-electron chi connectivity index (χ3n) is 5.26. The van der Waals surface area contributed by atoms with Gasteiger partial charge in [-0.15, -0.1) is 0 Å². The lowest BCUT2D eigenvalue weighted by atomic mass is 10.1. The van der Waals surface area contributed by atoms with Gasteiger partial charge < -0.3 is 14.4 Å². The van der Waals surface area contributed by atoms with Gasteiger partial charge in [0.25, 0.3) is 0 Å². The molecule has 28 heavy (non-hydrogen) atoms. The molecule has 1 aliphatic carbocycles. The topological polar surface area (TPSA) is 38.8 Å². The van der Waals surface area contributed by atoms with Crippen LogP contribution in [0, 0.1) is 5.92 Å². The molecule has 1 atom stereocenters. The fraction of sp³-hybridized carbons (Fsp3) is 0.458. The first-order chi connectivity index (χ1) is 13.7. The van der Waals surface area contributed by atoms with Crippen molar-refractivity contribution < 1.29 is 14.3 Å². The Kier molecular flexibility index (Phi) is 7.24. The van der Waals surface area contributed by atoms with E-state index < -0.39 is 5.79 Å². The zero-order valence-corrected chi connectivity index (χ0v) is 17.0. The summed E-state index contributed by atoms with van der Waals surface area (Å²) >= 11 is 0. The molecule has 0 heterocycles. The molecule has 0 spiro atoms. The first-order valence-corrected chi connectivity index (χ1v) is 10.3. The predicted octanol–water partition coefficient (Wildman–Crippen LogP) is 4.78. The Morgan fingerprint density at radius 2 is 1.43 bits per heavy atom. The molecule has 0 radical (unpaired) electrons. The number of ether oxygens (including phenoxy) is 2. The van der Waals surface area contributed by atoms with Crippen LogP contribution >= 0.6 is 0 Å². The van der Waals surface area contributed by atoms with E-state index in [1.165, 1.54) is 0 Å². The van der Waals surface area contributed by atoms with Crippen LogP contribution in [0.5, 0.6) is 0 Å². The highest BCUT2D eigenvalue weighted by atomic mass is 16.7. The molecule has 150 valence electrons. The first-order valence-electron chi connectivity index (χ1n) is 10.3. The van der Waals surface area contributed by atoms with E-state index in [0.717, 1.165) is 24.0 Å². The Morgan fingerprint density at radius 3 is 1.89 bits per heavy atom. The van der Waals surface area contributed by atoms with Crippen molar-refractivity contribution in [2.45, 2.75) is 52.0 Å². The van der Waals surface area contributed by atoms with Crippen molar-refractivity contribution in [1.82, 2.24) is 4.90 Å². The molecule has 0 N–H and O–H groups in total. The van der Waals surface area contributed by atoms with Crippen molar-refractivity contribution in [3.63, 3.8) is 0 Å². The number of carbonyl (C=O) groups is 1. The third kappa shape index (κ3) is 5.43. The van der Waals surface area contributed by atoms with Crippen LogP contribution in [0.25, 0.3) is 0 Å². The summed E-state index contributed by atoms with van der Waals surface area (Å²) in [6, 6.07) is 20.4. The van der Waals surface area contributed by atoms with Crippen LogP contribution in [0.4, 0.5) is 0 Å². The SMILES string of the molecule is CCOC1(OCC)CC1CCC(=O)N(Cc1ccccc1)Cc1ccccc1. The molecule has 1 aliphatic rings. The molecule has 2 aromatic carbocycles. The van der Waals surface area contributed by atoms with Crippen LogP contribution in [-0.2, 0) is 27.4 Å². The number of amides is 1. The Balaban J connectivity index is 1.61. The number of nitrogens with zero attached hydrogens (tertiary/aromatic N) is 1. The summed E-state index contributed by atoms with van der Waals surface area (Å²) in [5.74, 6) is 0.0427. The number of hydrogen-bond acceptors (Lipinski definition) is 3. The minimum Gasteiger partial charge on any atom is -0.350 e. The lowest BCUT2D eigenvalue weighted by Gasteiger charge is -2.24. The summed E-state index contributed by atoms with van der Waals surface area (Å²) in [4.78, 5) is 15.0. The zero-order chi connectivity index (χ0) is 19.8. The smallest absolute Gasteiger partial charge is 0.223 e. The van der Waals surface area contributed by atoms with Gasteiger partial charge in [-0.25, -0.2) is 0 Å². The van der Waals surface area contributed by atoms with Gasteiger partial charge in [-0.05, 0) is 31.4 Å². The quantitative estimate of drug-likeness (QED) is 0.526. The standard InChI is InChI=1S/C24H31NO3/c1-3-27-24(28-4-2)17-22(24)15-16-23(26)25(18-20-11-7-5-8-12-20)19-21-13-9-6-10-14-21/h5-14,22H,3-4,15-19H2,1-2H3. The molecular formula is C24H31NO3. The van der Waals surface area contributed by atoms with E-state index >= 15 is 0 Å². The fourth-order valence-corrected chi connectivity index (χ4v) is 3.79. The van der Waals surface area contributed by atoms with Crippen LogP contribution in [-0.4, -0.2) is 29.8 Å². The normalized spacial score (nSPS) is 17.3. The summed E-state index contributed by atoms with van der Waals surface area (Å²) in [7, 11) is 0. The molecule has 1 amide bonds. The molecule has 4 nitrogen and oxygen atoms in total. The van der Waals surface area contributed by atoms with Crippen molar-refractivity contribution in [1.29, 1.82) is 0 Å². The summed E-state index contributed by atoms with van der Waals surface area (Å²) in [5.41, 5.74) is 2.30. The lowest BCUT2D eigenvalue weighted by molar-refractivity contribution is -0.172. The summed E-state index contributed by atoms with van der Waals surface area (Å²) < 4.78 is 11.7. The van der Waals surface area contributed by atoms with E-state index in [-0.39, 0.29) is 5.91 Å². The molecule has 2 aromatic rings. The van der Waals surface area contributed by atoms with E-state index in [2.05, 4.69) is 24.3 Å². The maximum Gasteiger partial charge on any atom is 0.223 e. The Morgan fingerprint density at radius 1 is 0.929 bits per heavy atom. The van der Waals surface area contributed by atoms with Gasteiger partial charge in [0.15, 0.2) is 5.79 Å². The number of carbonyl (C=O) groups excluding carboxylic acids is 1. The highest BCUT2D eigenvalue weighted by Gasteiger charge is 2.56. The number of hydrogen-bond donors (Lipinski definition) is 0. The summed E-state index contributed by atoms with van der Waals surface area (Å²) in [5, 5.41) is 0. The molecule has 0 bridgehead atoms. The third-order valence-corrected chi connectivity index (χ3v) is 5.26. The fourth-order valence-electron chi connectivity index (χ4n) is 3.79. The largest absolute Gasteiger partial charge is 0.350 e. The van der Waals surface area contributed by atoms with Gasteiger partial charge in [-0.1, -0.05) is 60.7 Å². The molecular weight excluding hydrogens is 350 g/mol. The van der Waals surface area contributed by atoms with Gasteiger partial charge in [0.05, 0.1) is 0 Å². The Labute approximate surface area is 168 Å². The second kappa shape index (κ2) is 9.85. The minimum absolute atomic E-state index is 0.182. The highest BCUT2D eigenvalue weighted by Crippen LogP contribution is 2.50. The van der Waals surface area contributed by atoms with Gasteiger partial charge in [-0.2, -0.15) is 0 Å². The van der Waals surface area contributed by atoms with Crippen LogP contribution in [0.1, 0.15) is 44.2 Å². The van der Waals surface area contributed by atoms with Crippen molar-refractivity contribution in [3.05, 3.63) is 71.8 Å². The Bertz CT molecular complexity index is 685. The van der Waals surface area contributed by atoms with Crippen LogP contribution < -0.4 is 0 Å². The van der Waals surface area contributed by atoms with Gasteiger partial charge in [0, 0.05) is 45.1 Å². The molecule has 0 saturated heterocycles. The van der Waals surface area contributed by atoms with E-state index in [0.29, 0.717) is 38.6 Å². The second-order valence-corrected chi connectivity index (χ2v) is 7.34. The molecule has 0 aromatic heterocycles. The molecule has 1 unspecified atom stereocenters. The van der Waals surface area contributed by atoms with Crippen molar-refractivity contribution in [2.75, 3.05) is 13.2 Å². The lowest BCUT2D eigenvalue weighted by Crippen LogP contribution is -2.30. The van der Waals surface area contributed by atoms with Gasteiger partial charge in [-0.3, -0.25) is 4.79 Å². The maximum absolute atomic E-state index is 13.1. The summed E-state index contributed by atoms with van der Waals surface area (Å²) in [6.07, 6.45) is 2.21. The van der Waals surface area contributed by atoms with Crippen molar-refractivity contribution in [2.24, 2.45) is 5.92 Å². The van der Waals surface area contributed by atoms with Crippen LogP contribution in [0.2, 0.25) is 0 Å². The minimum atomic E-state index is -0.451. The molecule has 4 heteroatoms. The monoisotopic (exact) mass is 381 g/mol. The zero-order valence-electron chi connectivity index (χ0n) is 17.0. The first kappa shape index (κ1) is 20.6. The molecule has 3 rings (SSSR count). The van der Waals surface area contributed by atoms with Crippen molar-refractivity contribution in [3.8, 4) is 0 Å². The summed E-state index contributed by atoms with van der Waals surface area (Å²) in [6.45, 7) is 6.51. The van der Waals surface area contributed by atoms with Gasteiger partial charge in [0.1, 0.15) is 0 Å². The number of rotatable bonds is 11. The van der Waals surface area contributed by atoms with E-state index in [4.69, 9.17) is 9.47 Å². The van der Waals surface area contributed by atoms with E-state index in [1.807, 2.05) is 55.1 Å². The van der Waals surface area contributed by atoms with Gasteiger partial charge in [0.2, 0.25) is 5.91 Å². The van der Waals surface area contributed by atoms with E-state index in [9.17, 15) is 4.79 Å². The predicted molar refractivity (Wildman–Crippen MR) is 110 cm³/mol. The number of benzene rings is 2. The second-order valence-electron chi connectivity index (χ2n) is 7.34. The van der Waals surface area contributed by atoms with Crippen LogP contribution in [0.15, 0.2) is 60.7 Å². The average Bonchev–Trinajstić information content (AvgIpc) is 3.40. The van der Waals surface area contributed by atoms with E-state index in [1.54, 1.807) is 0 Å². The Hall–Kier alpha value is -2.17. The van der Waals surface area contributed by atoms with Crippen LogP contribution in [0.3, 0.4) is 0 Å². The highest BCUT2D eigenvalue weighted by molar-refractivity contribution is 5.76. The maximum atomic E-state index is 13.1. The molecule has 1 fully saturated rings.